The number of aliphatic hydroxyl groups excluding tert-OH is 1. The van der Waals surface area contributed by atoms with Gasteiger partial charge in [-0.15, -0.1) is 10.2 Å². The van der Waals surface area contributed by atoms with Gasteiger partial charge in [-0.05, 0) is 92.1 Å². The van der Waals surface area contributed by atoms with Crippen molar-refractivity contribution in [1.82, 2.24) is 30.0 Å². The van der Waals surface area contributed by atoms with Crippen molar-refractivity contribution in [2.45, 2.75) is 71.3 Å². The number of halogens is 1. The molecule has 4 heterocycles. The van der Waals surface area contributed by atoms with Crippen molar-refractivity contribution in [3.63, 3.8) is 0 Å². The zero-order valence-electron chi connectivity index (χ0n) is 31.5. The number of H-pyrrole nitrogens is 1. The first-order chi connectivity index (χ1) is 26.8. The van der Waals surface area contributed by atoms with Crippen LogP contribution in [0, 0.1) is 25.2 Å². The van der Waals surface area contributed by atoms with Gasteiger partial charge in [0.1, 0.15) is 48.7 Å². The molecule has 7 rings (SSSR count). The van der Waals surface area contributed by atoms with Crippen molar-refractivity contribution >= 4 is 11.6 Å². The van der Waals surface area contributed by atoms with Crippen LogP contribution in [0.15, 0.2) is 73.3 Å². The van der Waals surface area contributed by atoms with E-state index in [9.17, 15) is 10.4 Å². The van der Waals surface area contributed by atoms with E-state index in [2.05, 4.69) is 74.1 Å². The number of piperidine rings is 1. The van der Waals surface area contributed by atoms with Crippen LogP contribution in [0.3, 0.4) is 0 Å². The fraction of sp³-hybridized carbons (Fsp3) is 0.395. The highest BCUT2D eigenvalue weighted by Crippen LogP contribution is 2.37. The van der Waals surface area contributed by atoms with E-state index in [4.69, 9.17) is 25.8 Å². The lowest BCUT2D eigenvalue weighted by atomic mass is 9.93. The Morgan fingerprint density at radius 2 is 1.73 bits per heavy atom. The molecule has 2 aliphatic heterocycles. The molecule has 0 saturated carbocycles. The van der Waals surface area contributed by atoms with Gasteiger partial charge in [-0.2, -0.15) is 5.26 Å². The molecule has 2 unspecified atom stereocenters. The van der Waals surface area contributed by atoms with E-state index in [0.717, 1.165) is 109 Å². The molecule has 2 aliphatic rings. The Morgan fingerprint density at radius 3 is 2.53 bits per heavy atom. The van der Waals surface area contributed by atoms with Gasteiger partial charge in [0, 0.05) is 68.2 Å². The van der Waals surface area contributed by atoms with E-state index in [0.29, 0.717) is 41.8 Å². The second kappa shape index (κ2) is 18.1. The molecular formula is C43H48ClN7O4. The number of aromatic amines is 1. The van der Waals surface area contributed by atoms with E-state index in [1.165, 1.54) is 0 Å². The SMILES string of the molecule is Cc1c(COc2cc(OCc3cncc(C#N)c3)c(CN3CCCC(c4nnc[nH]4)C3)cc2Cl)cccc1-c1cccc(OCCCN2CCC(O)C2)c1C. The Labute approximate surface area is 327 Å². The largest absolute Gasteiger partial charge is 0.493 e. The average Bonchev–Trinajstić information content (AvgIpc) is 3.90. The number of pyridine rings is 1. The Kier molecular flexibility index (Phi) is 12.6. The second-order valence-corrected chi connectivity index (χ2v) is 15.0. The molecule has 2 aromatic heterocycles. The monoisotopic (exact) mass is 761 g/mol. The topological polar surface area (TPSA) is 133 Å². The Balaban J connectivity index is 1.06. The van der Waals surface area contributed by atoms with Gasteiger partial charge in [0.2, 0.25) is 0 Å². The molecule has 12 heteroatoms. The van der Waals surface area contributed by atoms with Crippen LogP contribution < -0.4 is 14.2 Å². The lowest BCUT2D eigenvalue weighted by Gasteiger charge is -2.32. The first-order valence-electron chi connectivity index (χ1n) is 19.1. The standard InChI is InChI=1S/C43H48ClN7O4/c1-29-34(7-3-9-37(29)38-10-4-11-40(30(38)2)53-16-6-14-50-15-12-36(52)25-50)27-55-42-19-41(54-26-32-17-31(20-45)21-46-22-32)35(18-39(42)44)24-51-13-5-8-33(23-51)43-47-28-48-49-43/h3-4,7,9-11,17-19,21-22,28,33,36,52H,5-6,8,12-16,23-27H2,1-2H3,(H,47,48,49). The molecule has 0 bridgehead atoms. The number of β-amino-alcohol motifs (C(OH)–C–C–N with tert-alkyl or cyclic N) is 1. The summed E-state index contributed by atoms with van der Waals surface area (Å²) in [4.78, 5) is 12.1. The molecule has 2 fully saturated rings. The highest BCUT2D eigenvalue weighted by atomic mass is 35.5. The summed E-state index contributed by atoms with van der Waals surface area (Å²) in [6.45, 7) is 10.5. The lowest BCUT2D eigenvalue weighted by Crippen LogP contribution is -2.34. The summed E-state index contributed by atoms with van der Waals surface area (Å²) < 4.78 is 19.1. The number of likely N-dealkylation sites (tertiary alicyclic amines) is 2. The van der Waals surface area contributed by atoms with Gasteiger partial charge in [0.05, 0.1) is 23.3 Å². The van der Waals surface area contributed by atoms with Crippen molar-refractivity contribution in [3.8, 4) is 34.4 Å². The number of rotatable bonds is 15. The summed E-state index contributed by atoms with van der Waals surface area (Å²) in [6.07, 6.45) is 8.54. The van der Waals surface area contributed by atoms with Crippen molar-refractivity contribution < 1.29 is 19.3 Å². The van der Waals surface area contributed by atoms with Gasteiger partial charge < -0.3 is 29.2 Å². The number of aromatic nitrogens is 4. The third kappa shape index (κ3) is 9.64. The minimum absolute atomic E-state index is 0.202. The van der Waals surface area contributed by atoms with Crippen LogP contribution in [0.5, 0.6) is 17.2 Å². The summed E-state index contributed by atoms with van der Waals surface area (Å²) in [6, 6.07) is 20.3. The highest BCUT2D eigenvalue weighted by molar-refractivity contribution is 6.32. The second-order valence-electron chi connectivity index (χ2n) is 14.6. The zero-order valence-corrected chi connectivity index (χ0v) is 32.3. The maximum Gasteiger partial charge on any atom is 0.142 e. The first-order valence-corrected chi connectivity index (χ1v) is 19.4. The molecule has 55 heavy (non-hydrogen) atoms. The van der Waals surface area contributed by atoms with Crippen molar-refractivity contribution in [1.29, 1.82) is 5.26 Å². The average molecular weight is 762 g/mol. The fourth-order valence-electron chi connectivity index (χ4n) is 7.65. The molecule has 0 spiro atoms. The first kappa shape index (κ1) is 38.3. The van der Waals surface area contributed by atoms with E-state index in [-0.39, 0.29) is 18.6 Å². The number of ether oxygens (including phenoxy) is 3. The Morgan fingerprint density at radius 1 is 0.891 bits per heavy atom. The maximum atomic E-state index is 9.82. The van der Waals surface area contributed by atoms with Crippen LogP contribution in [-0.2, 0) is 19.8 Å². The molecule has 2 N–H and O–H groups in total. The predicted octanol–water partition coefficient (Wildman–Crippen LogP) is 7.38. The van der Waals surface area contributed by atoms with Crippen LogP contribution in [0.1, 0.15) is 70.8 Å². The number of nitriles is 1. The zero-order chi connectivity index (χ0) is 38.1. The van der Waals surface area contributed by atoms with Gasteiger partial charge in [0.15, 0.2) is 0 Å². The van der Waals surface area contributed by atoms with Gasteiger partial charge >= 0.3 is 0 Å². The van der Waals surface area contributed by atoms with Gasteiger partial charge in [-0.3, -0.25) is 9.88 Å². The van der Waals surface area contributed by atoms with Crippen LogP contribution in [0.25, 0.3) is 11.1 Å². The summed E-state index contributed by atoms with van der Waals surface area (Å²) in [5.74, 6) is 3.27. The van der Waals surface area contributed by atoms with Crippen molar-refractivity contribution in [3.05, 3.63) is 118 Å². The number of hydrogen-bond donors (Lipinski definition) is 2. The number of aliphatic hydroxyl groups is 1. The van der Waals surface area contributed by atoms with E-state index < -0.39 is 0 Å². The summed E-state index contributed by atoms with van der Waals surface area (Å²) in [7, 11) is 0. The molecular weight excluding hydrogens is 714 g/mol. The third-order valence-corrected chi connectivity index (χ3v) is 11.0. The molecule has 286 valence electrons. The summed E-state index contributed by atoms with van der Waals surface area (Å²) in [5, 5.41) is 28.0. The molecule has 0 radical (unpaired) electrons. The summed E-state index contributed by atoms with van der Waals surface area (Å²) >= 11 is 6.96. The lowest BCUT2D eigenvalue weighted by molar-refractivity contribution is 0.173. The van der Waals surface area contributed by atoms with Gasteiger partial charge in [0.25, 0.3) is 0 Å². The number of nitrogens with one attached hydrogen (secondary N) is 1. The van der Waals surface area contributed by atoms with Gasteiger partial charge in [-0.25, -0.2) is 0 Å². The van der Waals surface area contributed by atoms with Crippen LogP contribution in [-0.4, -0.2) is 80.5 Å². The molecule has 0 aliphatic carbocycles. The molecule has 5 aromatic rings. The fourth-order valence-corrected chi connectivity index (χ4v) is 7.89. The molecule has 2 saturated heterocycles. The van der Waals surface area contributed by atoms with Gasteiger partial charge in [-0.1, -0.05) is 41.9 Å². The summed E-state index contributed by atoms with van der Waals surface area (Å²) in [5.41, 5.74) is 7.74. The number of hydrogen-bond acceptors (Lipinski definition) is 10. The maximum absolute atomic E-state index is 9.82. The normalized spacial score (nSPS) is 17.6. The Hall–Kier alpha value is -4.99. The van der Waals surface area contributed by atoms with Crippen LogP contribution in [0.2, 0.25) is 5.02 Å². The van der Waals surface area contributed by atoms with E-state index in [1.807, 2.05) is 24.3 Å². The quantitative estimate of drug-likeness (QED) is 0.104. The van der Waals surface area contributed by atoms with E-state index >= 15 is 0 Å². The van der Waals surface area contributed by atoms with Crippen molar-refractivity contribution in [2.24, 2.45) is 0 Å². The number of benzene rings is 3. The molecule has 3 aromatic carbocycles. The molecule has 11 nitrogen and oxygen atoms in total. The van der Waals surface area contributed by atoms with Crippen LogP contribution >= 0.6 is 11.6 Å². The van der Waals surface area contributed by atoms with Crippen LogP contribution in [0.4, 0.5) is 0 Å². The smallest absolute Gasteiger partial charge is 0.142 e. The molecule has 0 amide bonds. The minimum atomic E-state index is -0.202. The number of nitrogens with zero attached hydrogens (tertiary/aromatic N) is 6. The predicted molar refractivity (Wildman–Crippen MR) is 211 cm³/mol. The highest BCUT2D eigenvalue weighted by Gasteiger charge is 2.25. The Bertz CT molecular complexity index is 2100. The molecule has 2 atom stereocenters. The minimum Gasteiger partial charge on any atom is -0.493 e. The third-order valence-electron chi connectivity index (χ3n) is 10.7. The van der Waals surface area contributed by atoms with Crippen molar-refractivity contribution in [2.75, 3.05) is 39.3 Å². The van der Waals surface area contributed by atoms with E-state index in [1.54, 1.807) is 24.8 Å².